The summed E-state index contributed by atoms with van der Waals surface area (Å²) in [7, 11) is 0. The molecule has 2 aliphatic carbocycles. The average Bonchev–Trinajstić information content (AvgIpc) is 2.40. The summed E-state index contributed by atoms with van der Waals surface area (Å²) in [6, 6.07) is 0. The number of hydrogen-bond acceptors (Lipinski definition) is 1. The van der Waals surface area contributed by atoms with E-state index in [-0.39, 0.29) is 0 Å². The molecule has 0 aliphatic heterocycles. The molecular formula is C7H13N. The first kappa shape index (κ1) is 4.80. The van der Waals surface area contributed by atoms with Crippen molar-refractivity contribution in [2.45, 2.75) is 19.3 Å². The van der Waals surface area contributed by atoms with E-state index in [1.165, 1.54) is 19.3 Å². The minimum atomic E-state index is 0.902. The second-order valence-electron chi connectivity index (χ2n) is 3.33. The molecule has 0 unspecified atom stereocenters. The fraction of sp³-hybridized carbons (Fsp3) is 1.00. The zero-order valence-electron chi connectivity index (χ0n) is 5.14. The smallest absolute Gasteiger partial charge is 0.00487 e. The minimum Gasteiger partial charge on any atom is -0.330 e. The first-order chi connectivity index (χ1) is 3.90. The van der Waals surface area contributed by atoms with Gasteiger partial charge in [-0.3, -0.25) is 0 Å². The molecule has 0 heterocycles. The van der Waals surface area contributed by atoms with Crippen LogP contribution in [0.4, 0.5) is 0 Å². The standard InChI is InChI=1S/C7H13N/c8-4-5-1-6-3-7(6)2-5/h5-7H,1-4,8H2/t5-,6+,7-. The van der Waals surface area contributed by atoms with Gasteiger partial charge in [0.05, 0.1) is 0 Å². The Bertz CT molecular complexity index is 90.6. The van der Waals surface area contributed by atoms with Crippen LogP contribution in [0.25, 0.3) is 0 Å². The quantitative estimate of drug-likeness (QED) is 0.536. The number of nitrogens with two attached hydrogens (primary N) is 1. The van der Waals surface area contributed by atoms with Crippen molar-refractivity contribution in [2.75, 3.05) is 6.54 Å². The van der Waals surface area contributed by atoms with Crippen LogP contribution >= 0.6 is 0 Å². The van der Waals surface area contributed by atoms with Crippen LogP contribution in [0, 0.1) is 17.8 Å². The predicted octanol–water partition coefficient (Wildman–Crippen LogP) is 0.991. The fourth-order valence-corrected chi connectivity index (χ4v) is 2.03. The summed E-state index contributed by atoms with van der Waals surface area (Å²) < 4.78 is 0. The predicted molar refractivity (Wildman–Crippen MR) is 33.4 cm³/mol. The van der Waals surface area contributed by atoms with Crippen molar-refractivity contribution in [1.82, 2.24) is 0 Å². The Labute approximate surface area is 50.3 Å². The maximum atomic E-state index is 5.52. The van der Waals surface area contributed by atoms with Crippen molar-refractivity contribution in [3.05, 3.63) is 0 Å². The van der Waals surface area contributed by atoms with Crippen molar-refractivity contribution in [2.24, 2.45) is 23.5 Å². The summed E-state index contributed by atoms with van der Waals surface area (Å²) in [5.74, 6) is 3.13. The van der Waals surface area contributed by atoms with Gasteiger partial charge in [-0.1, -0.05) is 0 Å². The van der Waals surface area contributed by atoms with E-state index in [1.54, 1.807) is 0 Å². The molecule has 1 nitrogen and oxygen atoms in total. The molecule has 0 bridgehead atoms. The third kappa shape index (κ3) is 0.576. The first-order valence-corrected chi connectivity index (χ1v) is 3.60. The summed E-state index contributed by atoms with van der Waals surface area (Å²) >= 11 is 0. The van der Waals surface area contributed by atoms with E-state index in [0.717, 1.165) is 24.3 Å². The molecule has 0 saturated heterocycles. The van der Waals surface area contributed by atoms with Crippen molar-refractivity contribution in [3.63, 3.8) is 0 Å². The zero-order chi connectivity index (χ0) is 5.56. The van der Waals surface area contributed by atoms with Gasteiger partial charge in [-0.15, -0.1) is 0 Å². The lowest BCUT2D eigenvalue weighted by atomic mass is 10.0. The first-order valence-electron chi connectivity index (χ1n) is 3.60. The third-order valence-electron chi connectivity index (χ3n) is 2.67. The molecule has 0 aromatic heterocycles. The highest BCUT2D eigenvalue weighted by Crippen LogP contribution is 2.53. The van der Waals surface area contributed by atoms with Crippen LogP contribution in [0.15, 0.2) is 0 Å². The minimum absolute atomic E-state index is 0.902. The molecule has 2 aliphatic rings. The van der Waals surface area contributed by atoms with E-state index in [9.17, 15) is 0 Å². The van der Waals surface area contributed by atoms with Gasteiger partial charge in [-0.25, -0.2) is 0 Å². The van der Waals surface area contributed by atoms with Crippen LogP contribution in [0.5, 0.6) is 0 Å². The van der Waals surface area contributed by atoms with E-state index in [4.69, 9.17) is 5.73 Å². The van der Waals surface area contributed by atoms with Gasteiger partial charge in [0.2, 0.25) is 0 Å². The molecule has 46 valence electrons. The highest BCUT2D eigenvalue weighted by molar-refractivity contribution is 4.95. The second-order valence-corrected chi connectivity index (χ2v) is 3.33. The fourth-order valence-electron chi connectivity index (χ4n) is 2.03. The average molecular weight is 111 g/mol. The Kier molecular flexibility index (Phi) is 0.884. The van der Waals surface area contributed by atoms with Crippen LogP contribution in [-0.2, 0) is 0 Å². The van der Waals surface area contributed by atoms with E-state index < -0.39 is 0 Å². The monoisotopic (exact) mass is 111 g/mol. The maximum absolute atomic E-state index is 5.52. The van der Waals surface area contributed by atoms with Crippen LogP contribution in [0.1, 0.15) is 19.3 Å². The van der Waals surface area contributed by atoms with E-state index in [0.29, 0.717) is 0 Å². The Morgan fingerprint density at radius 2 is 1.75 bits per heavy atom. The topological polar surface area (TPSA) is 26.0 Å². The molecule has 0 radical (unpaired) electrons. The highest BCUT2D eigenvalue weighted by atomic mass is 14.6. The molecule has 2 rings (SSSR count). The van der Waals surface area contributed by atoms with E-state index >= 15 is 0 Å². The van der Waals surface area contributed by atoms with Crippen LogP contribution < -0.4 is 5.73 Å². The lowest BCUT2D eigenvalue weighted by Gasteiger charge is -2.04. The Morgan fingerprint density at radius 3 is 2.12 bits per heavy atom. The summed E-state index contributed by atoms with van der Waals surface area (Å²) in [4.78, 5) is 0. The van der Waals surface area contributed by atoms with Gasteiger partial charge >= 0.3 is 0 Å². The zero-order valence-corrected chi connectivity index (χ0v) is 5.14. The van der Waals surface area contributed by atoms with Crippen molar-refractivity contribution < 1.29 is 0 Å². The van der Waals surface area contributed by atoms with Crippen LogP contribution in [0.2, 0.25) is 0 Å². The normalized spacial score (nSPS) is 51.4. The Morgan fingerprint density at radius 1 is 1.12 bits per heavy atom. The molecule has 8 heavy (non-hydrogen) atoms. The van der Waals surface area contributed by atoms with Gasteiger partial charge in [-0.05, 0) is 43.6 Å². The largest absolute Gasteiger partial charge is 0.330 e. The molecule has 2 fully saturated rings. The molecule has 0 amide bonds. The van der Waals surface area contributed by atoms with Crippen LogP contribution in [0.3, 0.4) is 0 Å². The van der Waals surface area contributed by atoms with E-state index in [1.807, 2.05) is 0 Å². The van der Waals surface area contributed by atoms with Crippen LogP contribution in [-0.4, -0.2) is 6.54 Å². The van der Waals surface area contributed by atoms with Crippen molar-refractivity contribution in [3.8, 4) is 0 Å². The van der Waals surface area contributed by atoms with Gasteiger partial charge < -0.3 is 5.73 Å². The lowest BCUT2D eigenvalue weighted by molar-refractivity contribution is 0.499. The molecule has 2 N–H and O–H groups in total. The number of hydrogen-bond donors (Lipinski definition) is 1. The Balaban J connectivity index is 1.89. The number of fused-ring (bicyclic) bond motifs is 1. The maximum Gasteiger partial charge on any atom is -0.00487 e. The summed E-state index contributed by atoms with van der Waals surface area (Å²) in [6.45, 7) is 0.938. The molecule has 0 aromatic carbocycles. The molecule has 0 spiro atoms. The molecule has 1 heteroatoms. The number of rotatable bonds is 1. The van der Waals surface area contributed by atoms with E-state index in [2.05, 4.69) is 0 Å². The highest BCUT2D eigenvalue weighted by Gasteiger charge is 2.44. The summed E-state index contributed by atoms with van der Waals surface area (Å²) in [5.41, 5.74) is 5.52. The molecular weight excluding hydrogens is 98.1 g/mol. The van der Waals surface area contributed by atoms with Gasteiger partial charge in [-0.2, -0.15) is 0 Å². The second kappa shape index (κ2) is 1.47. The third-order valence-corrected chi connectivity index (χ3v) is 2.67. The van der Waals surface area contributed by atoms with Crippen molar-refractivity contribution in [1.29, 1.82) is 0 Å². The Hall–Kier alpha value is -0.0400. The lowest BCUT2D eigenvalue weighted by Crippen LogP contribution is -2.11. The molecule has 2 saturated carbocycles. The summed E-state index contributed by atoms with van der Waals surface area (Å²) in [5, 5.41) is 0. The SMILES string of the molecule is NC[C@H]1C[C@@H]2C[C@@H]2C1. The van der Waals surface area contributed by atoms with Crippen molar-refractivity contribution >= 4 is 0 Å². The van der Waals surface area contributed by atoms with Gasteiger partial charge in [0.25, 0.3) is 0 Å². The van der Waals surface area contributed by atoms with Gasteiger partial charge in [0.15, 0.2) is 0 Å². The summed E-state index contributed by atoms with van der Waals surface area (Å²) in [6.07, 6.45) is 4.42. The van der Waals surface area contributed by atoms with Gasteiger partial charge in [0, 0.05) is 0 Å². The van der Waals surface area contributed by atoms with Gasteiger partial charge in [0.1, 0.15) is 0 Å². The molecule has 3 atom stereocenters. The molecule has 0 aromatic rings.